The first-order valence-corrected chi connectivity index (χ1v) is 8.12. The normalized spacial score (nSPS) is 16.0. The van der Waals surface area contributed by atoms with Crippen molar-refractivity contribution in [2.75, 3.05) is 18.5 Å². The molecule has 7 nitrogen and oxygen atoms in total. The minimum atomic E-state index is -0.462. The van der Waals surface area contributed by atoms with Crippen LogP contribution in [0.3, 0.4) is 0 Å². The average Bonchev–Trinajstić information content (AvgIpc) is 2.94. The first kappa shape index (κ1) is 16.7. The lowest BCUT2D eigenvalue weighted by Gasteiger charge is -2.24. The monoisotopic (exact) mass is 340 g/mol. The summed E-state index contributed by atoms with van der Waals surface area (Å²) < 4.78 is 16.9. The fraction of sp³-hybridized carbons (Fsp3) is 0.333. The number of nitrogens with zero attached hydrogens (tertiary/aromatic N) is 2. The summed E-state index contributed by atoms with van der Waals surface area (Å²) in [6, 6.07) is 7.73. The van der Waals surface area contributed by atoms with Crippen LogP contribution >= 0.6 is 0 Å². The van der Waals surface area contributed by atoms with E-state index in [1.165, 1.54) is 0 Å². The molecule has 0 radical (unpaired) electrons. The number of oxazole rings is 1. The third-order valence-corrected chi connectivity index (χ3v) is 3.89. The van der Waals surface area contributed by atoms with Gasteiger partial charge < -0.3 is 24.9 Å². The van der Waals surface area contributed by atoms with E-state index >= 15 is 0 Å². The van der Waals surface area contributed by atoms with Gasteiger partial charge in [-0.3, -0.25) is 0 Å². The number of allylic oxidation sites excluding steroid dienone is 1. The predicted molar refractivity (Wildman–Crippen MR) is 92.3 cm³/mol. The lowest BCUT2D eigenvalue weighted by Crippen LogP contribution is -2.23. The highest BCUT2D eigenvalue weighted by Crippen LogP contribution is 2.44. The fourth-order valence-corrected chi connectivity index (χ4v) is 2.93. The molecule has 0 bridgehead atoms. The molecule has 3 N–H and O–H groups in total. The van der Waals surface area contributed by atoms with Gasteiger partial charge in [0.25, 0.3) is 0 Å². The maximum atomic E-state index is 9.63. The first-order valence-electron chi connectivity index (χ1n) is 8.12. The molecule has 2 aromatic rings. The van der Waals surface area contributed by atoms with Gasteiger partial charge in [-0.15, -0.1) is 0 Å². The van der Waals surface area contributed by atoms with Gasteiger partial charge in [0.05, 0.1) is 30.8 Å². The van der Waals surface area contributed by atoms with Crippen LogP contribution < -0.4 is 20.5 Å². The van der Waals surface area contributed by atoms with Crippen molar-refractivity contribution in [3.05, 3.63) is 46.7 Å². The molecule has 0 fully saturated rings. The number of ether oxygens (including phenoxy) is 2. The second-order valence-electron chi connectivity index (χ2n) is 5.51. The van der Waals surface area contributed by atoms with Gasteiger partial charge in [0, 0.05) is 18.6 Å². The molecule has 0 amide bonds. The third-order valence-electron chi connectivity index (χ3n) is 3.89. The SMILES string of the molecule is CCOc1ccc([C@@H]2C(C#N)=C(N)Nc3oc(C)nc32)c(OCC)c1. The molecule has 2 heterocycles. The van der Waals surface area contributed by atoms with Crippen molar-refractivity contribution in [1.82, 2.24) is 4.98 Å². The van der Waals surface area contributed by atoms with Crippen LogP contribution in [-0.4, -0.2) is 18.2 Å². The minimum Gasteiger partial charge on any atom is -0.494 e. The topological polar surface area (TPSA) is 106 Å². The second kappa shape index (κ2) is 6.77. The van der Waals surface area contributed by atoms with E-state index in [4.69, 9.17) is 19.6 Å². The molecule has 1 atom stereocenters. The molecule has 0 unspecified atom stereocenters. The van der Waals surface area contributed by atoms with Gasteiger partial charge in [0.15, 0.2) is 5.89 Å². The molecule has 1 aromatic carbocycles. The van der Waals surface area contributed by atoms with E-state index < -0.39 is 5.92 Å². The molecule has 3 rings (SSSR count). The zero-order chi connectivity index (χ0) is 18.0. The van der Waals surface area contributed by atoms with Crippen LogP contribution in [0, 0.1) is 18.3 Å². The number of fused-ring (bicyclic) bond motifs is 1. The fourth-order valence-electron chi connectivity index (χ4n) is 2.93. The van der Waals surface area contributed by atoms with Gasteiger partial charge in [0.2, 0.25) is 5.88 Å². The Balaban J connectivity index is 2.17. The Bertz CT molecular complexity index is 864. The van der Waals surface area contributed by atoms with Gasteiger partial charge in [-0.1, -0.05) is 6.07 Å². The molecular formula is C18H20N4O3. The van der Waals surface area contributed by atoms with Crippen molar-refractivity contribution in [3.63, 3.8) is 0 Å². The summed E-state index contributed by atoms with van der Waals surface area (Å²) in [6.45, 7) is 6.62. The number of aryl methyl sites for hydroxylation is 1. The smallest absolute Gasteiger partial charge is 0.223 e. The van der Waals surface area contributed by atoms with Crippen molar-refractivity contribution in [1.29, 1.82) is 5.26 Å². The summed E-state index contributed by atoms with van der Waals surface area (Å²) in [6.07, 6.45) is 0. The maximum absolute atomic E-state index is 9.63. The number of nitrogens with one attached hydrogen (secondary N) is 1. The van der Waals surface area contributed by atoms with E-state index in [1.54, 1.807) is 6.92 Å². The standard InChI is InChI=1S/C18H20N4O3/c1-4-23-11-6-7-12(14(8-11)24-5-2)15-13(9-19)17(20)22-18-16(15)21-10(3)25-18/h6-8,15,22H,4-5,20H2,1-3H3/t15-/m1/s1. The Kier molecular flexibility index (Phi) is 4.52. The number of aromatic nitrogens is 1. The summed E-state index contributed by atoms with van der Waals surface area (Å²) >= 11 is 0. The van der Waals surface area contributed by atoms with Crippen molar-refractivity contribution in [3.8, 4) is 17.6 Å². The quantitative estimate of drug-likeness (QED) is 0.861. The van der Waals surface area contributed by atoms with Gasteiger partial charge in [0.1, 0.15) is 23.0 Å². The molecule has 1 aliphatic heterocycles. The number of benzene rings is 1. The van der Waals surface area contributed by atoms with Crippen LogP contribution in [0.5, 0.6) is 11.5 Å². The molecule has 0 saturated heterocycles. The number of hydrogen-bond acceptors (Lipinski definition) is 7. The minimum absolute atomic E-state index is 0.257. The number of nitriles is 1. The Morgan fingerprint density at radius 2 is 2.08 bits per heavy atom. The summed E-state index contributed by atoms with van der Waals surface area (Å²) in [5.41, 5.74) is 7.83. The van der Waals surface area contributed by atoms with Gasteiger partial charge >= 0.3 is 0 Å². The predicted octanol–water partition coefficient (Wildman–Crippen LogP) is 3.03. The zero-order valence-electron chi connectivity index (χ0n) is 14.4. The molecule has 130 valence electrons. The van der Waals surface area contributed by atoms with E-state index in [-0.39, 0.29) is 5.82 Å². The van der Waals surface area contributed by atoms with Crippen molar-refractivity contribution >= 4 is 5.88 Å². The molecular weight excluding hydrogens is 320 g/mol. The highest BCUT2D eigenvalue weighted by Gasteiger charge is 2.35. The van der Waals surface area contributed by atoms with Crippen molar-refractivity contribution in [2.24, 2.45) is 5.73 Å². The van der Waals surface area contributed by atoms with Gasteiger partial charge in [-0.05, 0) is 19.9 Å². The van der Waals surface area contributed by atoms with E-state index in [1.807, 2.05) is 32.0 Å². The molecule has 1 aliphatic rings. The van der Waals surface area contributed by atoms with Crippen LogP contribution in [0.1, 0.15) is 36.9 Å². The Labute approximate surface area is 146 Å². The van der Waals surface area contributed by atoms with Gasteiger partial charge in [-0.2, -0.15) is 5.26 Å². The Morgan fingerprint density at radius 1 is 1.32 bits per heavy atom. The average molecular weight is 340 g/mol. The highest BCUT2D eigenvalue weighted by molar-refractivity contribution is 5.63. The van der Waals surface area contributed by atoms with Crippen molar-refractivity contribution < 1.29 is 13.9 Å². The maximum Gasteiger partial charge on any atom is 0.223 e. The molecule has 0 saturated carbocycles. The lowest BCUT2D eigenvalue weighted by atomic mass is 9.86. The molecule has 0 aliphatic carbocycles. The number of hydrogen-bond donors (Lipinski definition) is 2. The molecule has 0 spiro atoms. The molecule has 1 aromatic heterocycles. The molecule has 7 heteroatoms. The van der Waals surface area contributed by atoms with Gasteiger partial charge in [-0.25, -0.2) is 4.98 Å². The summed E-state index contributed by atoms with van der Waals surface area (Å²) in [7, 11) is 0. The van der Waals surface area contributed by atoms with Crippen LogP contribution in [-0.2, 0) is 0 Å². The second-order valence-corrected chi connectivity index (χ2v) is 5.51. The third kappa shape index (κ3) is 2.98. The summed E-state index contributed by atoms with van der Waals surface area (Å²) in [4.78, 5) is 4.44. The van der Waals surface area contributed by atoms with Crippen molar-refractivity contribution in [2.45, 2.75) is 26.7 Å². The zero-order valence-corrected chi connectivity index (χ0v) is 14.4. The van der Waals surface area contributed by atoms with Crippen LogP contribution in [0.2, 0.25) is 0 Å². The van der Waals surface area contributed by atoms with E-state index in [0.29, 0.717) is 47.8 Å². The largest absolute Gasteiger partial charge is 0.494 e. The van der Waals surface area contributed by atoms with Crippen LogP contribution in [0.15, 0.2) is 34.0 Å². The molecule has 25 heavy (non-hydrogen) atoms. The first-order chi connectivity index (χ1) is 12.1. The van der Waals surface area contributed by atoms with E-state index in [2.05, 4.69) is 16.4 Å². The number of rotatable bonds is 5. The Hall–Kier alpha value is -3.14. The number of nitrogens with two attached hydrogens (primary N) is 1. The van der Waals surface area contributed by atoms with Crippen LogP contribution in [0.25, 0.3) is 0 Å². The number of anilines is 1. The Morgan fingerprint density at radius 3 is 2.76 bits per heavy atom. The van der Waals surface area contributed by atoms with E-state index in [9.17, 15) is 5.26 Å². The lowest BCUT2D eigenvalue weighted by molar-refractivity contribution is 0.320. The van der Waals surface area contributed by atoms with E-state index in [0.717, 1.165) is 5.56 Å². The summed E-state index contributed by atoms with van der Waals surface area (Å²) in [5, 5.41) is 12.5. The van der Waals surface area contributed by atoms with Crippen LogP contribution in [0.4, 0.5) is 5.88 Å². The summed E-state index contributed by atoms with van der Waals surface area (Å²) in [5.74, 6) is 2.08. The highest BCUT2D eigenvalue weighted by atomic mass is 16.5.